The molecule has 0 aliphatic carbocycles. The van der Waals surface area contributed by atoms with Crippen molar-refractivity contribution in [3.63, 3.8) is 0 Å². The maximum Gasteiger partial charge on any atom is 2.00 e. The van der Waals surface area contributed by atoms with Crippen molar-refractivity contribution in [1.82, 2.24) is 0 Å². The first-order chi connectivity index (χ1) is 30.0. The topological polar surface area (TPSA) is 133 Å². The monoisotopic (exact) mass is 930 g/mol. The third-order valence-electron chi connectivity index (χ3n) is 11.1. The predicted octanol–water partition coefficient (Wildman–Crippen LogP) is 14.9. The standard InChI is InChI=1S/2C26H38O4S.Ca/c2*1-2-3-4-5-6-7-8-9-10-11-12-13-16-23-17-14-18-24(21-23)30-25-19-15-20-26(22-25)31(27,28)29;/h2*14-15,17-22H,2-13,16H2,1H3,(H,27,28,29);/q;;+2/p-2. The van der Waals surface area contributed by atoms with Crippen LogP contribution in [0.25, 0.3) is 0 Å². The maximum atomic E-state index is 11.2. The molecule has 4 aromatic carbocycles. The van der Waals surface area contributed by atoms with Crippen molar-refractivity contribution in [3.05, 3.63) is 108 Å². The Hall–Kier alpha value is -2.44. The molecular formula is C52H74CaO8S2. The summed E-state index contributed by atoms with van der Waals surface area (Å²) in [6.45, 7) is 4.52. The molecule has 11 heteroatoms. The molecule has 4 aromatic rings. The van der Waals surface area contributed by atoms with Gasteiger partial charge in [-0.2, -0.15) is 0 Å². The van der Waals surface area contributed by atoms with Crippen LogP contribution in [0.1, 0.15) is 179 Å². The van der Waals surface area contributed by atoms with Crippen molar-refractivity contribution >= 4 is 58.0 Å². The van der Waals surface area contributed by atoms with Gasteiger partial charge in [0.05, 0.1) is 9.79 Å². The van der Waals surface area contributed by atoms with Gasteiger partial charge in [-0.05, 0) is 97.5 Å². The van der Waals surface area contributed by atoms with E-state index in [4.69, 9.17) is 9.47 Å². The summed E-state index contributed by atoms with van der Waals surface area (Å²) in [6.07, 6.45) is 34.1. The van der Waals surface area contributed by atoms with Crippen LogP contribution in [0.2, 0.25) is 0 Å². The average molecular weight is 931 g/mol. The minimum atomic E-state index is -4.49. The van der Waals surface area contributed by atoms with E-state index in [0.29, 0.717) is 23.0 Å². The molecule has 63 heavy (non-hydrogen) atoms. The zero-order chi connectivity index (χ0) is 44.7. The summed E-state index contributed by atoms with van der Waals surface area (Å²) < 4.78 is 78.6. The van der Waals surface area contributed by atoms with Crippen molar-refractivity contribution in [2.75, 3.05) is 0 Å². The van der Waals surface area contributed by atoms with E-state index in [1.54, 1.807) is 12.1 Å². The molecule has 8 nitrogen and oxygen atoms in total. The number of aryl methyl sites for hydroxylation is 2. The molecule has 0 fully saturated rings. The summed E-state index contributed by atoms with van der Waals surface area (Å²) in [4.78, 5) is -0.560. The third-order valence-corrected chi connectivity index (χ3v) is 12.8. The Morgan fingerprint density at radius 1 is 0.365 bits per heavy atom. The molecule has 0 aromatic heterocycles. The second kappa shape index (κ2) is 34.0. The predicted molar refractivity (Wildman–Crippen MR) is 257 cm³/mol. The summed E-state index contributed by atoms with van der Waals surface area (Å²) in [5.74, 6) is 1.99. The number of hydrogen-bond acceptors (Lipinski definition) is 8. The van der Waals surface area contributed by atoms with E-state index in [0.717, 1.165) is 25.7 Å². The van der Waals surface area contributed by atoms with Crippen LogP contribution in [0, 0.1) is 0 Å². The van der Waals surface area contributed by atoms with Crippen molar-refractivity contribution in [2.45, 2.75) is 191 Å². The normalized spacial score (nSPS) is 11.4. The van der Waals surface area contributed by atoms with E-state index in [1.807, 2.05) is 36.4 Å². The fourth-order valence-corrected chi connectivity index (χ4v) is 8.54. The number of hydrogen-bond donors (Lipinski definition) is 0. The van der Waals surface area contributed by atoms with Gasteiger partial charge in [0.1, 0.15) is 43.2 Å². The Morgan fingerprint density at radius 3 is 0.905 bits per heavy atom. The molecule has 0 N–H and O–H groups in total. The van der Waals surface area contributed by atoms with Gasteiger partial charge >= 0.3 is 37.7 Å². The zero-order valence-corrected chi connectivity index (χ0v) is 42.3. The van der Waals surface area contributed by atoms with E-state index < -0.39 is 20.2 Å². The third kappa shape index (κ3) is 27.0. The fourth-order valence-electron chi connectivity index (χ4n) is 7.53. The van der Waals surface area contributed by atoms with Crippen LogP contribution in [-0.4, -0.2) is 63.7 Å². The Labute approximate surface area is 411 Å². The number of rotatable bonds is 32. The van der Waals surface area contributed by atoms with Gasteiger partial charge in [-0.25, -0.2) is 16.8 Å². The molecule has 344 valence electrons. The van der Waals surface area contributed by atoms with Crippen LogP contribution in [0.5, 0.6) is 23.0 Å². The second-order valence-corrected chi connectivity index (χ2v) is 19.4. The first kappa shape index (κ1) is 56.7. The summed E-state index contributed by atoms with van der Waals surface area (Å²) >= 11 is 0. The van der Waals surface area contributed by atoms with E-state index in [9.17, 15) is 25.9 Å². The average Bonchev–Trinajstić information content (AvgIpc) is 3.24. The van der Waals surface area contributed by atoms with Gasteiger partial charge in [0, 0.05) is 0 Å². The Morgan fingerprint density at radius 2 is 0.619 bits per heavy atom. The Kier molecular flexibility index (Phi) is 30.6. The SMILES string of the molecule is CCCCCCCCCCCCCCc1cccc(Oc2cccc(S(=O)(=O)[O-])c2)c1.CCCCCCCCCCCCCCc1cccc(Oc2cccc(S(=O)(=O)[O-])c2)c1.[Ca+2]. The molecule has 0 saturated heterocycles. The minimum Gasteiger partial charge on any atom is -0.744 e. The summed E-state index contributed by atoms with van der Waals surface area (Å²) in [5.41, 5.74) is 2.41. The van der Waals surface area contributed by atoms with Gasteiger partial charge in [-0.15, -0.1) is 0 Å². The van der Waals surface area contributed by atoms with E-state index in [2.05, 4.69) is 26.0 Å². The van der Waals surface area contributed by atoms with Gasteiger partial charge < -0.3 is 18.6 Å². The van der Waals surface area contributed by atoms with Crippen LogP contribution in [0.3, 0.4) is 0 Å². The van der Waals surface area contributed by atoms with Crippen molar-refractivity contribution in [2.24, 2.45) is 0 Å². The molecule has 0 aliphatic heterocycles. The van der Waals surface area contributed by atoms with E-state index in [-0.39, 0.29) is 47.5 Å². The summed E-state index contributed by atoms with van der Waals surface area (Å²) in [5, 5.41) is 0. The van der Waals surface area contributed by atoms with Gasteiger partial charge in [0.15, 0.2) is 0 Å². The molecule has 0 atom stereocenters. The quantitative estimate of drug-likeness (QED) is 0.0269. The molecule has 0 aliphatic rings. The fraction of sp³-hybridized carbons (Fsp3) is 0.538. The molecule has 0 unspecified atom stereocenters. The van der Waals surface area contributed by atoms with Crippen molar-refractivity contribution in [3.8, 4) is 23.0 Å². The number of benzene rings is 4. The second-order valence-electron chi connectivity index (χ2n) is 16.6. The van der Waals surface area contributed by atoms with Crippen molar-refractivity contribution in [1.29, 1.82) is 0 Å². The maximum absolute atomic E-state index is 11.2. The van der Waals surface area contributed by atoms with Crippen LogP contribution in [0.4, 0.5) is 0 Å². The molecule has 0 spiro atoms. The van der Waals surface area contributed by atoms with Gasteiger partial charge in [0.2, 0.25) is 0 Å². The molecular weight excluding hydrogens is 857 g/mol. The van der Waals surface area contributed by atoms with Crippen LogP contribution in [0.15, 0.2) is 107 Å². The largest absolute Gasteiger partial charge is 2.00 e. The molecule has 0 heterocycles. The first-order valence-electron chi connectivity index (χ1n) is 23.6. The van der Waals surface area contributed by atoms with Crippen LogP contribution >= 0.6 is 0 Å². The molecule has 4 rings (SSSR count). The van der Waals surface area contributed by atoms with Gasteiger partial charge in [0.25, 0.3) is 0 Å². The van der Waals surface area contributed by atoms with Crippen molar-refractivity contribution < 1.29 is 35.4 Å². The van der Waals surface area contributed by atoms with Gasteiger partial charge in [-0.3, -0.25) is 0 Å². The zero-order valence-electron chi connectivity index (χ0n) is 38.4. The van der Waals surface area contributed by atoms with Gasteiger partial charge in [-0.1, -0.05) is 192 Å². The molecule has 0 radical (unpaired) electrons. The Bertz CT molecular complexity index is 1870. The number of unbranched alkanes of at least 4 members (excludes halogenated alkanes) is 22. The van der Waals surface area contributed by atoms with Crippen LogP contribution in [-0.2, 0) is 33.1 Å². The number of ether oxygens (including phenoxy) is 2. The smallest absolute Gasteiger partial charge is 0.744 e. The first-order valence-corrected chi connectivity index (χ1v) is 26.4. The van der Waals surface area contributed by atoms with E-state index >= 15 is 0 Å². The summed E-state index contributed by atoms with van der Waals surface area (Å²) in [6, 6.07) is 27.1. The molecule has 0 saturated carbocycles. The Balaban J connectivity index is 0.000000427. The summed E-state index contributed by atoms with van der Waals surface area (Å²) in [7, 11) is -8.97. The minimum absolute atomic E-state index is 0. The molecule has 0 amide bonds. The van der Waals surface area contributed by atoms with Crippen LogP contribution < -0.4 is 9.47 Å². The van der Waals surface area contributed by atoms with E-state index in [1.165, 1.54) is 189 Å². The molecule has 0 bridgehead atoms.